The van der Waals surface area contributed by atoms with Crippen molar-refractivity contribution in [2.45, 2.75) is 19.8 Å². The number of aliphatic hydroxyl groups is 1. The van der Waals surface area contributed by atoms with Gasteiger partial charge in [0.05, 0.1) is 5.56 Å². The van der Waals surface area contributed by atoms with Gasteiger partial charge >= 0.3 is 0 Å². The molecule has 1 fully saturated rings. The highest BCUT2D eigenvalue weighted by molar-refractivity contribution is 5.96. The van der Waals surface area contributed by atoms with Gasteiger partial charge in [-0.05, 0) is 36.8 Å². The van der Waals surface area contributed by atoms with Crippen LogP contribution in [-0.4, -0.2) is 24.2 Å². The van der Waals surface area contributed by atoms with Crippen molar-refractivity contribution in [1.82, 2.24) is 5.32 Å². The van der Waals surface area contributed by atoms with E-state index in [1.165, 1.54) is 12.8 Å². The number of carbonyl (C=O) groups is 1. The summed E-state index contributed by atoms with van der Waals surface area (Å²) in [5.41, 5.74) is 1.24. The van der Waals surface area contributed by atoms with Crippen LogP contribution >= 0.6 is 0 Å². The lowest BCUT2D eigenvalue weighted by Gasteiger charge is -2.12. The fourth-order valence-electron chi connectivity index (χ4n) is 2.11. The van der Waals surface area contributed by atoms with Gasteiger partial charge in [0, 0.05) is 12.1 Å². The first kappa shape index (κ1) is 13.6. The van der Waals surface area contributed by atoms with Crippen LogP contribution in [0.2, 0.25) is 0 Å². The highest BCUT2D eigenvalue weighted by atomic mass is 16.2. The molecule has 1 amide bonds. The monoisotopic (exact) mass is 257 g/mol. The predicted octanol–water partition coefficient (Wildman–Crippen LogP) is 1.81. The lowest BCUT2D eigenvalue weighted by atomic mass is 10.0. The van der Waals surface area contributed by atoms with Gasteiger partial charge in [-0.1, -0.05) is 30.9 Å². The molecule has 1 aliphatic carbocycles. The van der Waals surface area contributed by atoms with Crippen molar-refractivity contribution in [3.8, 4) is 11.8 Å². The lowest BCUT2D eigenvalue weighted by molar-refractivity contribution is 0.0946. The first-order valence-corrected chi connectivity index (χ1v) is 6.69. The van der Waals surface area contributed by atoms with E-state index in [0.717, 1.165) is 5.92 Å². The molecule has 0 radical (unpaired) electrons. The van der Waals surface area contributed by atoms with Gasteiger partial charge in [0.1, 0.15) is 6.61 Å². The second-order valence-electron chi connectivity index (χ2n) is 5.03. The first-order chi connectivity index (χ1) is 9.22. The Morgan fingerprint density at radius 1 is 1.47 bits per heavy atom. The minimum absolute atomic E-state index is 0.0876. The number of carbonyl (C=O) groups excluding carboxylic acids is 1. The van der Waals surface area contributed by atoms with Crippen LogP contribution in [0.3, 0.4) is 0 Å². The number of amides is 1. The van der Waals surface area contributed by atoms with Crippen LogP contribution < -0.4 is 5.32 Å². The maximum Gasteiger partial charge on any atom is 0.252 e. The summed E-state index contributed by atoms with van der Waals surface area (Å²) in [6.07, 6.45) is 2.57. The van der Waals surface area contributed by atoms with Gasteiger partial charge in [-0.2, -0.15) is 0 Å². The molecule has 0 heterocycles. The van der Waals surface area contributed by atoms with Crippen molar-refractivity contribution in [2.24, 2.45) is 11.8 Å². The van der Waals surface area contributed by atoms with Crippen molar-refractivity contribution >= 4 is 5.91 Å². The zero-order valence-corrected chi connectivity index (χ0v) is 11.1. The van der Waals surface area contributed by atoms with Crippen molar-refractivity contribution in [3.05, 3.63) is 35.4 Å². The second kappa shape index (κ2) is 6.40. The van der Waals surface area contributed by atoms with E-state index >= 15 is 0 Å². The molecule has 3 heteroatoms. The van der Waals surface area contributed by atoms with Gasteiger partial charge < -0.3 is 10.4 Å². The van der Waals surface area contributed by atoms with Gasteiger partial charge in [0.2, 0.25) is 0 Å². The van der Waals surface area contributed by atoms with E-state index in [0.29, 0.717) is 23.6 Å². The third-order valence-electron chi connectivity index (χ3n) is 3.49. The van der Waals surface area contributed by atoms with E-state index in [9.17, 15) is 4.79 Å². The zero-order valence-electron chi connectivity index (χ0n) is 11.1. The fourth-order valence-corrected chi connectivity index (χ4v) is 2.11. The third-order valence-corrected chi connectivity index (χ3v) is 3.49. The highest BCUT2D eigenvalue weighted by Crippen LogP contribution is 2.36. The second-order valence-corrected chi connectivity index (χ2v) is 5.03. The summed E-state index contributed by atoms with van der Waals surface area (Å²) in [4.78, 5) is 12.1. The number of aliphatic hydroxyl groups excluding tert-OH is 1. The number of rotatable bonds is 4. The summed E-state index contributed by atoms with van der Waals surface area (Å²) >= 11 is 0. The molecule has 1 atom stereocenters. The molecule has 0 saturated heterocycles. The maximum atomic E-state index is 12.1. The van der Waals surface area contributed by atoms with Crippen molar-refractivity contribution in [1.29, 1.82) is 0 Å². The highest BCUT2D eigenvalue weighted by Gasteiger charge is 2.28. The molecule has 2 N–H and O–H groups in total. The van der Waals surface area contributed by atoms with E-state index in [1.807, 2.05) is 12.1 Å². The quantitative estimate of drug-likeness (QED) is 0.808. The summed E-state index contributed by atoms with van der Waals surface area (Å²) in [5, 5.41) is 11.7. The predicted molar refractivity (Wildman–Crippen MR) is 74.6 cm³/mol. The molecule has 2 rings (SSSR count). The smallest absolute Gasteiger partial charge is 0.252 e. The number of hydrogen-bond acceptors (Lipinski definition) is 2. The molecule has 1 saturated carbocycles. The summed E-state index contributed by atoms with van der Waals surface area (Å²) in [6, 6.07) is 7.22. The van der Waals surface area contributed by atoms with Crippen molar-refractivity contribution in [3.63, 3.8) is 0 Å². The zero-order chi connectivity index (χ0) is 13.7. The molecule has 1 aliphatic rings. The van der Waals surface area contributed by atoms with Crippen LogP contribution in [0.5, 0.6) is 0 Å². The minimum atomic E-state index is -0.200. The molecule has 100 valence electrons. The molecule has 0 aliphatic heterocycles. The Bertz CT molecular complexity index is 509. The van der Waals surface area contributed by atoms with Crippen molar-refractivity contribution in [2.75, 3.05) is 13.2 Å². The van der Waals surface area contributed by atoms with E-state index in [2.05, 4.69) is 24.1 Å². The summed E-state index contributed by atoms with van der Waals surface area (Å²) in [5.74, 6) is 6.62. The molecular formula is C16H19NO2. The average molecular weight is 257 g/mol. The van der Waals surface area contributed by atoms with Gasteiger partial charge in [-0.15, -0.1) is 0 Å². The van der Waals surface area contributed by atoms with Crippen LogP contribution in [0.1, 0.15) is 35.7 Å². The lowest BCUT2D eigenvalue weighted by Crippen LogP contribution is -2.29. The molecular weight excluding hydrogens is 238 g/mol. The number of nitrogens with one attached hydrogen (secondary N) is 1. The number of benzene rings is 1. The molecule has 1 aromatic rings. The van der Waals surface area contributed by atoms with Gasteiger partial charge in [0.25, 0.3) is 5.91 Å². The fraction of sp³-hybridized carbons (Fsp3) is 0.438. The van der Waals surface area contributed by atoms with Crippen LogP contribution in [0, 0.1) is 23.7 Å². The molecule has 3 nitrogen and oxygen atoms in total. The normalized spacial score (nSPS) is 15.3. The van der Waals surface area contributed by atoms with Crippen LogP contribution in [-0.2, 0) is 0 Å². The van der Waals surface area contributed by atoms with Crippen LogP contribution in [0.15, 0.2) is 24.3 Å². The summed E-state index contributed by atoms with van der Waals surface area (Å²) in [7, 11) is 0. The summed E-state index contributed by atoms with van der Waals surface area (Å²) < 4.78 is 0. The van der Waals surface area contributed by atoms with E-state index in [1.54, 1.807) is 12.1 Å². The number of hydrogen-bond donors (Lipinski definition) is 2. The SMILES string of the molecule is CC(CNC(=O)c1ccccc1C#CCO)C1CC1. The van der Waals surface area contributed by atoms with Gasteiger partial charge in [-0.25, -0.2) is 0 Å². The van der Waals surface area contributed by atoms with Gasteiger partial charge in [0.15, 0.2) is 0 Å². The third kappa shape index (κ3) is 3.84. The molecule has 0 bridgehead atoms. The Balaban J connectivity index is 2.01. The Kier molecular flexibility index (Phi) is 4.59. The van der Waals surface area contributed by atoms with Crippen LogP contribution in [0.25, 0.3) is 0 Å². The molecule has 0 spiro atoms. The Labute approximate surface area is 114 Å². The topological polar surface area (TPSA) is 49.3 Å². The van der Waals surface area contributed by atoms with E-state index in [-0.39, 0.29) is 12.5 Å². The first-order valence-electron chi connectivity index (χ1n) is 6.69. The molecule has 1 unspecified atom stereocenters. The Morgan fingerprint density at radius 2 is 2.21 bits per heavy atom. The summed E-state index contributed by atoms with van der Waals surface area (Å²) in [6.45, 7) is 2.69. The molecule has 19 heavy (non-hydrogen) atoms. The molecule has 0 aromatic heterocycles. The van der Waals surface area contributed by atoms with Crippen LogP contribution in [0.4, 0.5) is 0 Å². The average Bonchev–Trinajstić information content (AvgIpc) is 3.27. The van der Waals surface area contributed by atoms with Crippen molar-refractivity contribution < 1.29 is 9.90 Å². The van der Waals surface area contributed by atoms with Gasteiger partial charge in [-0.3, -0.25) is 4.79 Å². The molecule has 1 aromatic carbocycles. The maximum absolute atomic E-state index is 12.1. The Hall–Kier alpha value is -1.79. The minimum Gasteiger partial charge on any atom is -0.384 e. The van der Waals surface area contributed by atoms with E-state index < -0.39 is 0 Å². The largest absolute Gasteiger partial charge is 0.384 e. The Morgan fingerprint density at radius 3 is 2.89 bits per heavy atom. The standard InChI is InChI=1S/C16H19NO2/c1-12(13-8-9-13)11-17-16(19)15-7-3-2-5-14(15)6-4-10-18/h2-3,5,7,12-13,18H,8-11H2,1H3,(H,17,19). The van der Waals surface area contributed by atoms with E-state index in [4.69, 9.17) is 5.11 Å².